The maximum Gasteiger partial charge on any atom is 0.278 e. The van der Waals surface area contributed by atoms with Crippen molar-refractivity contribution >= 4 is 52.3 Å². The third-order valence-corrected chi connectivity index (χ3v) is 3.59. The molecule has 2 amide bonds. The predicted octanol–water partition coefficient (Wildman–Crippen LogP) is 3.21. The Labute approximate surface area is 113 Å². The van der Waals surface area contributed by atoms with Gasteiger partial charge in [-0.05, 0) is 24.6 Å². The number of rotatable bonds is 1. The zero-order valence-corrected chi connectivity index (χ0v) is 10.9. The maximum absolute atomic E-state index is 11.7. The number of nitrogens with zero attached hydrogens (tertiary/aromatic N) is 1. The average Bonchev–Trinajstić information content (AvgIpc) is 2.48. The van der Waals surface area contributed by atoms with Crippen molar-refractivity contribution in [2.45, 2.75) is 6.92 Å². The number of benzene rings is 1. The molecule has 1 aliphatic heterocycles. The first-order valence-corrected chi connectivity index (χ1v) is 5.77. The normalized spacial score (nSPS) is 16.1. The van der Waals surface area contributed by atoms with Gasteiger partial charge in [-0.25, -0.2) is 4.90 Å². The SMILES string of the molecule is Cc1ccc(N2C(=O)C(Cl)=C(Cl)C2=O)cc1Cl. The number of carbonyl (C=O) groups excluding carboxylic acids is 2. The molecule has 1 aromatic rings. The monoisotopic (exact) mass is 289 g/mol. The summed E-state index contributed by atoms with van der Waals surface area (Å²) in [5.41, 5.74) is 1.20. The van der Waals surface area contributed by atoms with Gasteiger partial charge in [-0.15, -0.1) is 0 Å². The molecular formula is C11H6Cl3NO2. The van der Waals surface area contributed by atoms with E-state index in [1.54, 1.807) is 12.1 Å². The van der Waals surface area contributed by atoms with Crippen LogP contribution in [0.25, 0.3) is 0 Å². The second kappa shape index (κ2) is 4.33. The lowest BCUT2D eigenvalue weighted by Crippen LogP contribution is -2.30. The van der Waals surface area contributed by atoms with Crippen molar-refractivity contribution < 1.29 is 9.59 Å². The van der Waals surface area contributed by atoms with E-state index in [0.29, 0.717) is 10.7 Å². The highest BCUT2D eigenvalue weighted by Crippen LogP contribution is 2.32. The number of anilines is 1. The summed E-state index contributed by atoms with van der Waals surface area (Å²) in [5.74, 6) is -1.27. The number of imide groups is 1. The lowest BCUT2D eigenvalue weighted by molar-refractivity contribution is -0.120. The summed E-state index contributed by atoms with van der Waals surface area (Å²) in [7, 11) is 0. The van der Waals surface area contributed by atoms with E-state index in [-0.39, 0.29) is 10.1 Å². The van der Waals surface area contributed by atoms with Gasteiger partial charge in [-0.2, -0.15) is 0 Å². The van der Waals surface area contributed by atoms with Gasteiger partial charge in [-0.3, -0.25) is 9.59 Å². The number of amides is 2. The highest BCUT2D eigenvalue weighted by molar-refractivity contribution is 6.62. The van der Waals surface area contributed by atoms with Crippen LogP contribution in [0.4, 0.5) is 5.69 Å². The highest BCUT2D eigenvalue weighted by Gasteiger charge is 2.37. The Kier molecular flexibility index (Phi) is 3.17. The van der Waals surface area contributed by atoms with Gasteiger partial charge in [0.2, 0.25) is 0 Å². The van der Waals surface area contributed by atoms with Crippen LogP contribution in [0.1, 0.15) is 5.56 Å². The lowest BCUT2D eigenvalue weighted by atomic mass is 10.2. The lowest BCUT2D eigenvalue weighted by Gasteiger charge is -2.14. The van der Waals surface area contributed by atoms with E-state index in [1.807, 2.05) is 6.92 Å². The topological polar surface area (TPSA) is 37.4 Å². The first kappa shape index (κ1) is 12.4. The molecule has 3 nitrogen and oxygen atoms in total. The van der Waals surface area contributed by atoms with Crippen LogP contribution < -0.4 is 4.90 Å². The highest BCUT2D eigenvalue weighted by atomic mass is 35.5. The van der Waals surface area contributed by atoms with Crippen LogP contribution in [0.15, 0.2) is 28.3 Å². The van der Waals surface area contributed by atoms with Crippen molar-refractivity contribution in [3.63, 3.8) is 0 Å². The molecule has 0 aliphatic carbocycles. The quantitative estimate of drug-likeness (QED) is 0.745. The fraction of sp³-hybridized carbons (Fsp3) is 0.0909. The van der Waals surface area contributed by atoms with E-state index in [9.17, 15) is 9.59 Å². The molecule has 1 aliphatic rings. The zero-order chi connectivity index (χ0) is 12.7. The average molecular weight is 291 g/mol. The molecule has 17 heavy (non-hydrogen) atoms. The van der Waals surface area contributed by atoms with E-state index in [2.05, 4.69) is 0 Å². The van der Waals surface area contributed by atoms with Crippen LogP contribution in [0, 0.1) is 6.92 Å². The number of hydrogen-bond donors (Lipinski definition) is 0. The number of hydrogen-bond acceptors (Lipinski definition) is 2. The second-order valence-corrected chi connectivity index (χ2v) is 4.67. The zero-order valence-electron chi connectivity index (χ0n) is 8.63. The standard InChI is InChI=1S/C11H6Cl3NO2/c1-5-2-3-6(4-7(5)12)15-10(16)8(13)9(14)11(15)17/h2-4H,1H3. The van der Waals surface area contributed by atoms with Crippen molar-refractivity contribution in [1.82, 2.24) is 0 Å². The molecule has 0 saturated carbocycles. The predicted molar refractivity (Wildman–Crippen MR) is 67.4 cm³/mol. The minimum Gasteiger partial charge on any atom is -0.267 e. The Morgan fingerprint density at radius 3 is 2.00 bits per heavy atom. The van der Waals surface area contributed by atoms with Gasteiger partial charge in [0.15, 0.2) is 0 Å². The number of halogens is 3. The van der Waals surface area contributed by atoms with Gasteiger partial charge in [-0.1, -0.05) is 40.9 Å². The third-order valence-electron chi connectivity index (χ3n) is 2.39. The van der Waals surface area contributed by atoms with E-state index in [1.165, 1.54) is 6.07 Å². The smallest absolute Gasteiger partial charge is 0.267 e. The van der Waals surface area contributed by atoms with Gasteiger partial charge in [0.25, 0.3) is 11.8 Å². The summed E-state index contributed by atoms with van der Waals surface area (Å²) in [5, 5.41) is -0.0797. The molecule has 6 heteroatoms. The Hall–Kier alpha value is -1.03. The molecule has 0 atom stereocenters. The minimum atomic E-state index is -0.637. The number of aryl methyl sites for hydroxylation is 1. The summed E-state index contributed by atoms with van der Waals surface area (Å²) in [6.07, 6.45) is 0. The van der Waals surface area contributed by atoms with Crippen LogP contribution in [0.2, 0.25) is 5.02 Å². The Morgan fingerprint density at radius 1 is 1.00 bits per heavy atom. The van der Waals surface area contributed by atoms with E-state index >= 15 is 0 Å². The molecule has 1 aromatic carbocycles. The Morgan fingerprint density at radius 2 is 1.53 bits per heavy atom. The summed E-state index contributed by atoms with van der Waals surface area (Å²) in [6.45, 7) is 1.82. The molecule has 0 saturated heterocycles. The summed E-state index contributed by atoms with van der Waals surface area (Å²) >= 11 is 17.2. The Balaban J connectivity index is 2.47. The van der Waals surface area contributed by atoms with Crippen LogP contribution in [0.3, 0.4) is 0 Å². The maximum atomic E-state index is 11.7. The summed E-state index contributed by atoms with van der Waals surface area (Å²) in [4.78, 5) is 24.3. The molecule has 0 unspecified atom stereocenters. The largest absolute Gasteiger partial charge is 0.278 e. The van der Waals surface area contributed by atoms with E-state index in [4.69, 9.17) is 34.8 Å². The number of carbonyl (C=O) groups is 2. The Bertz CT molecular complexity index is 542. The third kappa shape index (κ3) is 1.95. The van der Waals surface area contributed by atoms with Crippen LogP contribution >= 0.6 is 34.8 Å². The molecule has 0 bridgehead atoms. The molecule has 2 rings (SSSR count). The molecular weight excluding hydrogens is 284 g/mol. The molecule has 0 aromatic heterocycles. The van der Waals surface area contributed by atoms with Gasteiger partial charge in [0, 0.05) is 5.02 Å². The summed E-state index contributed by atoms with van der Waals surface area (Å²) < 4.78 is 0. The van der Waals surface area contributed by atoms with Gasteiger partial charge in [0.05, 0.1) is 5.69 Å². The van der Waals surface area contributed by atoms with Gasteiger partial charge in [0.1, 0.15) is 10.1 Å². The van der Waals surface area contributed by atoms with Crippen molar-refractivity contribution in [2.75, 3.05) is 4.90 Å². The molecule has 0 spiro atoms. The van der Waals surface area contributed by atoms with Crippen molar-refractivity contribution in [3.05, 3.63) is 38.8 Å². The fourth-order valence-corrected chi connectivity index (χ4v) is 1.94. The van der Waals surface area contributed by atoms with Crippen LogP contribution in [-0.4, -0.2) is 11.8 Å². The van der Waals surface area contributed by atoms with Crippen molar-refractivity contribution in [3.8, 4) is 0 Å². The van der Waals surface area contributed by atoms with Gasteiger partial charge >= 0.3 is 0 Å². The second-order valence-electron chi connectivity index (χ2n) is 3.51. The molecule has 88 valence electrons. The van der Waals surface area contributed by atoms with Crippen molar-refractivity contribution in [2.24, 2.45) is 0 Å². The minimum absolute atomic E-state index is 0.270. The first-order valence-electron chi connectivity index (χ1n) is 4.63. The molecule has 0 fully saturated rings. The van der Waals surface area contributed by atoms with Crippen molar-refractivity contribution in [1.29, 1.82) is 0 Å². The molecule has 0 radical (unpaired) electrons. The first-order chi connectivity index (χ1) is 7.93. The van der Waals surface area contributed by atoms with Crippen LogP contribution in [-0.2, 0) is 9.59 Å². The molecule has 0 N–H and O–H groups in total. The molecule has 1 heterocycles. The van der Waals surface area contributed by atoms with Crippen LogP contribution in [0.5, 0.6) is 0 Å². The summed E-state index contributed by atoms with van der Waals surface area (Å²) in [6, 6.07) is 4.83. The van der Waals surface area contributed by atoms with E-state index < -0.39 is 11.8 Å². The van der Waals surface area contributed by atoms with Gasteiger partial charge < -0.3 is 0 Å². The fourth-order valence-electron chi connectivity index (χ4n) is 1.43. The van der Waals surface area contributed by atoms with E-state index in [0.717, 1.165) is 10.5 Å².